The topological polar surface area (TPSA) is 211 Å². The molecule has 2 aromatic rings. The first-order valence-electron chi connectivity index (χ1n) is 11.4. The van der Waals surface area contributed by atoms with E-state index in [0.29, 0.717) is 50.5 Å². The SMILES string of the molecule is N=C(N)NCCCC(N)C(=O)NCC(=O)NC(CCCCN)c1nc(Cc2ccccc2)no1. The van der Waals surface area contributed by atoms with Crippen LogP contribution in [-0.2, 0) is 16.0 Å². The third-order valence-electron chi connectivity index (χ3n) is 5.04. The molecule has 12 nitrogen and oxygen atoms in total. The molecule has 0 saturated carbocycles. The molecule has 2 amide bonds. The summed E-state index contributed by atoms with van der Waals surface area (Å²) in [7, 11) is 0. The van der Waals surface area contributed by atoms with Gasteiger partial charge < -0.3 is 37.7 Å². The number of nitrogens with one attached hydrogen (secondary N) is 4. The molecule has 1 heterocycles. The van der Waals surface area contributed by atoms with Crippen molar-refractivity contribution in [2.24, 2.45) is 17.2 Å². The minimum atomic E-state index is -0.765. The van der Waals surface area contributed by atoms with Crippen LogP contribution in [0.1, 0.15) is 55.4 Å². The molecule has 10 N–H and O–H groups in total. The predicted molar refractivity (Wildman–Crippen MR) is 127 cm³/mol. The van der Waals surface area contributed by atoms with E-state index >= 15 is 0 Å². The maximum absolute atomic E-state index is 12.5. The van der Waals surface area contributed by atoms with E-state index in [9.17, 15) is 9.59 Å². The van der Waals surface area contributed by atoms with Crippen LogP contribution in [0.5, 0.6) is 0 Å². The lowest BCUT2D eigenvalue weighted by Crippen LogP contribution is -2.45. The second kappa shape index (κ2) is 14.6. The second-order valence-corrected chi connectivity index (χ2v) is 7.92. The van der Waals surface area contributed by atoms with Crippen LogP contribution in [0.4, 0.5) is 0 Å². The van der Waals surface area contributed by atoms with Crippen molar-refractivity contribution in [3.8, 4) is 0 Å². The van der Waals surface area contributed by atoms with Gasteiger partial charge in [0.1, 0.15) is 6.04 Å². The molecule has 0 bridgehead atoms. The minimum Gasteiger partial charge on any atom is -0.370 e. The highest BCUT2D eigenvalue weighted by atomic mass is 16.5. The Hall–Kier alpha value is -3.51. The Bertz CT molecular complexity index is 904. The highest BCUT2D eigenvalue weighted by molar-refractivity contribution is 5.87. The Labute approximate surface area is 198 Å². The number of carbonyl (C=O) groups is 2. The Morgan fingerprint density at radius 1 is 1.09 bits per heavy atom. The number of carbonyl (C=O) groups excluding carboxylic acids is 2. The maximum Gasteiger partial charge on any atom is 0.249 e. The zero-order chi connectivity index (χ0) is 24.8. The van der Waals surface area contributed by atoms with E-state index in [1.54, 1.807) is 0 Å². The summed E-state index contributed by atoms with van der Waals surface area (Å²) >= 11 is 0. The number of benzene rings is 1. The molecule has 2 unspecified atom stereocenters. The number of amides is 2. The lowest BCUT2D eigenvalue weighted by atomic mass is 10.1. The third kappa shape index (κ3) is 9.96. The first-order valence-corrected chi connectivity index (χ1v) is 11.4. The normalized spacial score (nSPS) is 12.5. The Morgan fingerprint density at radius 3 is 2.56 bits per heavy atom. The summed E-state index contributed by atoms with van der Waals surface area (Å²) in [5, 5.41) is 19.2. The van der Waals surface area contributed by atoms with Crippen molar-refractivity contribution >= 4 is 17.8 Å². The summed E-state index contributed by atoms with van der Waals surface area (Å²) in [4.78, 5) is 29.1. The molecule has 2 rings (SSSR count). The number of hydrogen-bond acceptors (Lipinski definition) is 8. The van der Waals surface area contributed by atoms with Gasteiger partial charge in [-0.2, -0.15) is 4.98 Å². The molecule has 186 valence electrons. The van der Waals surface area contributed by atoms with Gasteiger partial charge in [-0.25, -0.2) is 0 Å². The fourth-order valence-electron chi connectivity index (χ4n) is 3.23. The van der Waals surface area contributed by atoms with E-state index in [1.807, 2.05) is 30.3 Å². The first kappa shape index (κ1) is 26.7. The maximum atomic E-state index is 12.5. The predicted octanol–water partition coefficient (Wildman–Crippen LogP) is -0.347. The first-order chi connectivity index (χ1) is 16.4. The highest BCUT2D eigenvalue weighted by Gasteiger charge is 2.22. The van der Waals surface area contributed by atoms with Gasteiger partial charge >= 0.3 is 0 Å². The van der Waals surface area contributed by atoms with Crippen LogP contribution in [-0.4, -0.2) is 53.6 Å². The molecular weight excluding hydrogens is 438 g/mol. The van der Waals surface area contributed by atoms with E-state index in [0.717, 1.165) is 18.4 Å². The van der Waals surface area contributed by atoms with Crippen LogP contribution in [0.15, 0.2) is 34.9 Å². The Kier molecular flexibility index (Phi) is 11.5. The molecule has 0 aliphatic rings. The number of hydrogen-bond donors (Lipinski definition) is 7. The second-order valence-electron chi connectivity index (χ2n) is 7.92. The van der Waals surface area contributed by atoms with Crippen molar-refractivity contribution < 1.29 is 14.1 Å². The molecule has 0 spiro atoms. The number of rotatable bonds is 15. The average Bonchev–Trinajstić information content (AvgIpc) is 3.28. The Morgan fingerprint density at radius 2 is 1.85 bits per heavy atom. The van der Waals surface area contributed by atoms with Crippen molar-refractivity contribution in [1.29, 1.82) is 5.41 Å². The van der Waals surface area contributed by atoms with E-state index in [-0.39, 0.29) is 18.4 Å². The van der Waals surface area contributed by atoms with Crippen LogP contribution < -0.4 is 33.2 Å². The summed E-state index contributed by atoms with van der Waals surface area (Å²) in [5.74, 6) is -0.112. The van der Waals surface area contributed by atoms with Crippen LogP contribution in [0.25, 0.3) is 0 Å². The quantitative estimate of drug-likeness (QED) is 0.102. The number of aromatic nitrogens is 2. The number of guanidine groups is 1. The van der Waals surface area contributed by atoms with E-state index < -0.39 is 18.0 Å². The van der Waals surface area contributed by atoms with E-state index in [1.165, 1.54) is 0 Å². The fourth-order valence-corrected chi connectivity index (χ4v) is 3.23. The summed E-state index contributed by atoms with van der Waals surface area (Å²) in [6, 6.07) is 8.52. The molecule has 0 saturated heterocycles. The van der Waals surface area contributed by atoms with Gasteiger partial charge in [0.25, 0.3) is 0 Å². The van der Waals surface area contributed by atoms with Crippen molar-refractivity contribution in [2.75, 3.05) is 19.6 Å². The summed E-state index contributed by atoms with van der Waals surface area (Å²) in [6.45, 7) is 0.758. The van der Waals surface area contributed by atoms with Crippen molar-refractivity contribution in [2.45, 2.75) is 50.6 Å². The van der Waals surface area contributed by atoms with Crippen LogP contribution in [0.3, 0.4) is 0 Å². The molecule has 1 aromatic carbocycles. The average molecular weight is 474 g/mol. The monoisotopic (exact) mass is 473 g/mol. The van der Waals surface area contributed by atoms with Crippen LogP contribution in [0.2, 0.25) is 0 Å². The molecular formula is C22H35N9O3. The fraction of sp³-hybridized carbons (Fsp3) is 0.500. The highest BCUT2D eigenvalue weighted by Crippen LogP contribution is 2.18. The minimum absolute atomic E-state index is 0.135. The van der Waals surface area contributed by atoms with Crippen molar-refractivity contribution in [3.63, 3.8) is 0 Å². The molecule has 0 radical (unpaired) electrons. The largest absolute Gasteiger partial charge is 0.370 e. The number of nitrogens with two attached hydrogens (primary N) is 3. The van der Waals surface area contributed by atoms with Gasteiger partial charge in [-0.1, -0.05) is 35.5 Å². The van der Waals surface area contributed by atoms with Crippen molar-refractivity contribution in [1.82, 2.24) is 26.1 Å². The lowest BCUT2D eigenvalue weighted by Gasteiger charge is -2.16. The van der Waals surface area contributed by atoms with Crippen LogP contribution >= 0.6 is 0 Å². The molecule has 2 atom stereocenters. The van der Waals surface area contributed by atoms with E-state index in [4.69, 9.17) is 27.1 Å². The summed E-state index contributed by atoms with van der Waals surface area (Å²) in [6.07, 6.45) is 3.61. The summed E-state index contributed by atoms with van der Waals surface area (Å²) < 4.78 is 5.42. The van der Waals surface area contributed by atoms with Gasteiger partial charge in [0.2, 0.25) is 17.7 Å². The van der Waals surface area contributed by atoms with E-state index in [2.05, 4.69) is 26.1 Å². The van der Waals surface area contributed by atoms with Gasteiger partial charge in [0.15, 0.2) is 11.8 Å². The third-order valence-corrected chi connectivity index (χ3v) is 5.04. The van der Waals surface area contributed by atoms with Crippen LogP contribution in [0, 0.1) is 5.41 Å². The number of nitrogens with zero attached hydrogens (tertiary/aromatic N) is 2. The van der Waals surface area contributed by atoms with Gasteiger partial charge in [-0.3, -0.25) is 15.0 Å². The molecule has 0 aliphatic carbocycles. The lowest BCUT2D eigenvalue weighted by molar-refractivity contribution is -0.127. The zero-order valence-electron chi connectivity index (χ0n) is 19.3. The van der Waals surface area contributed by atoms with Gasteiger partial charge in [0, 0.05) is 13.0 Å². The van der Waals surface area contributed by atoms with Gasteiger partial charge in [-0.15, -0.1) is 0 Å². The molecule has 12 heteroatoms. The molecule has 0 aliphatic heterocycles. The Balaban J connectivity index is 1.86. The van der Waals surface area contributed by atoms with Gasteiger partial charge in [0.05, 0.1) is 12.6 Å². The van der Waals surface area contributed by atoms with Gasteiger partial charge in [-0.05, 0) is 44.2 Å². The summed E-state index contributed by atoms with van der Waals surface area (Å²) in [5.41, 5.74) is 17.7. The zero-order valence-corrected chi connectivity index (χ0v) is 19.3. The molecule has 0 fully saturated rings. The molecule has 1 aromatic heterocycles. The molecule has 34 heavy (non-hydrogen) atoms. The van der Waals surface area contributed by atoms with Crippen molar-refractivity contribution in [3.05, 3.63) is 47.6 Å². The number of unbranched alkanes of at least 4 members (excludes halogenated alkanes) is 1. The standard InChI is InChI=1S/C22H35N9O3/c23-11-5-4-10-17(21-30-18(31-34-21)13-15-7-2-1-3-8-15)29-19(32)14-28-20(33)16(24)9-6-12-27-22(25)26/h1-3,7-8,16-17H,4-6,9-14,23-24H2,(H,28,33)(H,29,32)(H4,25,26,27). The smallest absolute Gasteiger partial charge is 0.249 e.